The standard InChI is InChI=1S/C10H16ClN3O3S/c1-4-6-14(3)10(15)8-9(18(11,16)17)7(5-2)12-13-8/h4-6H2,1-3H3,(H,12,13). The Morgan fingerprint density at radius 3 is 2.50 bits per heavy atom. The maximum Gasteiger partial charge on any atom is 0.275 e. The molecule has 1 rings (SSSR count). The average Bonchev–Trinajstić information content (AvgIpc) is 2.71. The number of halogens is 1. The van der Waals surface area contributed by atoms with Gasteiger partial charge in [-0.3, -0.25) is 9.89 Å². The molecule has 0 saturated heterocycles. The highest BCUT2D eigenvalue weighted by Gasteiger charge is 2.29. The molecule has 0 aromatic carbocycles. The van der Waals surface area contributed by atoms with Crippen LogP contribution in [0.3, 0.4) is 0 Å². The number of H-pyrrole nitrogens is 1. The first-order valence-corrected chi connectivity index (χ1v) is 7.91. The number of aromatic nitrogens is 2. The zero-order chi connectivity index (χ0) is 13.9. The second kappa shape index (κ2) is 5.71. The van der Waals surface area contributed by atoms with Crippen molar-refractivity contribution in [1.29, 1.82) is 0 Å². The Morgan fingerprint density at radius 1 is 1.44 bits per heavy atom. The molecule has 6 nitrogen and oxygen atoms in total. The molecule has 0 unspecified atom stereocenters. The summed E-state index contributed by atoms with van der Waals surface area (Å²) in [7, 11) is 2.95. The van der Waals surface area contributed by atoms with Crippen LogP contribution in [0, 0.1) is 0 Å². The van der Waals surface area contributed by atoms with Gasteiger partial charge < -0.3 is 4.90 Å². The van der Waals surface area contributed by atoms with Gasteiger partial charge >= 0.3 is 0 Å². The minimum absolute atomic E-state index is 0.141. The van der Waals surface area contributed by atoms with Gasteiger partial charge in [0.25, 0.3) is 15.0 Å². The normalized spacial score (nSPS) is 11.6. The molecule has 0 aliphatic heterocycles. The van der Waals surface area contributed by atoms with Crippen LogP contribution in [-0.2, 0) is 15.5 Å². The molecule has 0 fully saturated rings. The number of rotatable bonds is 5. The number of carbonyl (C=O) groups excluding carboxylic acids is 1. The molecule has 0 bridgehead atoms. The lowest BCUT2D eigenvalue weighted by molar-refractivity contribution is 0.0785. The van der Waals surface area contributed by atoms with E-state index in [4.69, 9.17) is 10.7 Å². The highest BCUT2D eigenvalue weighted by atomic mass is 35.7. The fourth-order valence-electron chi connectivity index (χ4n) is 1.63. The fraction of sp³-hybridized carbons (Fsp3) is 0.600. The van der Waals surface area contributed by atoms with Crippen LogP contribution in [0.25, 0.3) is 0 Å². The highest BCUT2D eigenvalue weighted by molar-refractivity contribution is 8.13. The lowest BCUT2D eigenvalue weighted by atomic mass is 10.3. The van der Waals surface area contributed by atoms with Gasteiger partial charge in [-0.05, 0) is 12.8 Å². The van der Waals surface area contributed by atoms with E-state index in [1.54, 1.807) is 14.0 Å². The van der Waals surface area contributed by atoms with Crippen LogP contribution in [0.2, 0.25) is 0 Å². The SMILES string of the molecule is CCCN(C)C(=O)c1n[nH]c(CC)c1S(=O)(=O)Cl. The first-order chi connectivity index (χ1) is 8.32. The molecule has 0 atom stereocenters. The van der Waals surface area contributed by atoms with Gasteiger partial charge in [0.05, 0.1) is 5.69 Å². The van der Waals surface area contributed by atoms with E-state index < -0.39 is 15.0 Å². The summed E-state index contributed by atoms with van der Waals surface area (Å²) in [6.07, 6.45) is 1.18. The number of hydrogen-bond donors (Lipinski definition) is 1. The van der Waals surface area contributed by atoms with Crippen LogP contribution >= 0.6 is 10.7 Å². The summed E-state index contributed by atoms with van der Waals surface area (Å²) in [6.45, 7) is 4.20. The first kappa shape index (κ1) is 15.0. The van der Waals surface area contributed by atoms with E-state index in [1.165, 1.54) is 4.90 Å². The molecule has 102 valence electrons. The molecular formula is C10H16ClN3O3S. The van der Waals surface area contributed by atoms with Gasteiger partial charge in [-0.2, -0.15) is 5.10 Å². The Morgan fingerprint density at radius 2 is 2.06 bits per heavy atom. The van der Waals surface area contributed by atoms with Crippen molar-refractivity contribution in [2.75, 3.05) is 13.6 Å². The minimum Gasteiger partial charge on any atom is -0.340 e. The van der Waals surface area contributed by atoms with E-state index in [9.17, 15) is 13.2 Å². The summed E-state index contributed by atoms with van der Waals surface area (Å²) in [6, 6.07) is 0. The molecule has 1 N–H and O–H groups in total. The molecule has 1 aromatic heterocycles. The average molecular weight is 294 g/mol. The molecular weight excluding hydrogens is 278 g/mol. The van der Waals surface area contributed by atoms with Gasteiger partial charge in [-0.1, -0.05) is 13.8 Å². The number of aromatic amines is 1. The van der Waals surface area contributed by atoms with Crippen molar-refractivity contribution >= 4 is 25.6 Å². The molecule has 8 heteroatoms. The van der Waals surface area contributed by atoms with Crippen LogP contribution < -0.4 is 0 Å². The highest BCUT2D eigenvalue weighted by Crippen LogP contribution is 2.23. The molecule has 1 amide bonds. The van der Waals surface area contributed by atoms with Crippen molar-refractivity contribution in [3.8, 4) is 0 Å². The van der Waals surface area contributed by atoms with Gasteiger partial charge in [0.15, 0.2) is 5.69 Å². The third-order valence-corrected chi connectivity index (χ3v) is 3.89. The lowest BCUT2D eigenvalue weighted by Gasteiger charge is -2.14. The third-order valence-electron chi connectivity index (χ3n) is 2.50. The van der Waals surface area contributed by atoms with Gasteiger partial charge in [0.2, 0.25) is 0 Å². The smallest absolute Gasteiger partial charge is 0.275 e. The number of aryl methyl sites for hydroxylation is 1. The molecule has 0 aliphatic carbocycles. The van der Waals surface area contributed by atoms with Crippen LogP contribution in [0.1, 0.15) is 36.5 Å². The minimum atomic E-state index is -4.00. The van der Waals surface area contributed by atoms with Crippen molar-refractivity contribution < 1.29 is 13.2 Å². The van der Waals surface area contributed by atoms with Crippen molar-refractivity contribution in [3.63, 3.8) is 0 Å². The Labute approximate surface area is 111 Å². The molecule has 0 radical (unpaired) electrons. The van der Waals surface area contributed by atoms with E-state index in [2.05, 4.69) is 10.2 Å². The zero-order valence-electron chi connectivity index (χ0n) is 10.5. The lowest BCUT2D eigenvalue weighted by Crippen LogP contribution is -2.28. The Bertz CT molecular complexity index is 539. The molecule has 0 spiro atoms. The Kier molecular flexibility index (Phi) is 4.75. The van der Waals surface area contributed by atoms with Gasteiger partial charge in [-0.25, -0.2) is 8.42 Å². The summed E-state index contributed by atoms with van der Waals surface area (Å²) in [5.74, 6) is -0.452. The predicted molar refractivity (Wildman–Crippen MR) is 68.3 cm³/mol. The van der Waals surface area contributed by atoms with E-state index in [1.807, 2.05) is 6.92 Å². The molecule has 1 heterocycles. The topological polar surface area (TPSA) is 83.1 Å². The number of nitrogens with one attached hydrogen (secondary N) is 1. The third kappa shape index (κ3) is 3.02. The maximum atomic E-state index is 12.1. The molecule has 18 heavy (non-hydrogen) atoms. The predicted octanol–water partition coefficient (Wildman–Crippen LogP) is 1.38. The Hall–Kier alpha value is -1.08. The van der Waals surface area contributed by atoms with Crippen molar-refractivity contribution in [3.05, 3.63) is 11.4 Å². The number of nitrogens with zero attached hydrogens (tertiary/aromatic N) is 2. The van der Waals surface area contributed by atoms with E-state index in [0.717, 1.165) is 6.42 Å². The van der Waals surface area contributed by atoms with Gasteiger partial charge in [-0.15, -0.1) is 0 Å². The zero-order valence-corrected chi connectivity index (χ0v) is 12.1. The summed E-state index contributed by atoms with van der Waals surface area (Å²) < 4.78 is 23.0. The van der Waals surface area contributed by atoms with Crippen molar-refractivity contribution in [1.82, 2.24) is 15.1 Å². The summed E-state index contributed by atoms with van der Waals surface area (Å²) in [5.41, 5.74) is 0.205. The second-order valence-corrected chi connectivity index (χ2v) is 6.40. The number of carbonyl (C=O) groups is 1. The van der Waals surface area contributed by atoms with E-state index in [0.29, 0.717) is 18.7 Å². The van der Waals surface area contributed by atoms with Crippen molar-refractivity contribution in [2.24, 2.45) is 0 Å². The van der Waals surface area contributed by atoms with Crippen molar-refractivity contribution in [2.45, 2.75) is 31.6 Å². The second-order valence-electron chi connectivity index (χ2n) is 3.90. The maximum absolute atomic E-state index is 12.1. The molecule has 0 aliphatic rings. The first-order valence-electron chi connectivity index (χ1n) is 5.60. The Balaban J connectivity index is 3.26. The molecule has 0 saturated carbocycles. The van der Waals surface area contributed by atoms with E-state index >= 15 is 0 Å². The summed E-state index contributed by atoms with van der Waals surface area (Å²) in [5, 5.41) is 6.32. The fourth-order valence-corrected chi connectivity index (χ4v) is 2.98. The summed E-state index contributed by atoms with van der Waals surface area (Å²) in [4.78, 5) is 13.3. The monoisotopic (exact) mass is 293 g/mol. The quantitative estimate of drug-likeness (QED) is 0.831. The van der Waals surface area contributed by atoms with Crippen LogP contribution in [-0.4, -0.2) is 43.0 Å². The van der Waals surface area contributed by atoms with Crippen LogP contribution in [0.4, 0.5) is 0 Å². The molecule has 1 aromatic rings. The van der Waals surface area contributed by atoms with Gasteiger partial charge in [0.1, 0.15) is 4.90 Å². The van der Waals surface area contributed by atoms with E-state index in [-0.39, 0.29) is 10.6 Å². The largest absolute Gasteiger partial charge is 0.340 e. The number of hydrogen-bond acceptors (Lipinski definition) is 4. The number of amides is 1. The van der Waals surface area contributed by atoms with Crippen LogP contribution in [0.15, 0.2) is 4.90 Å². The van der Waals surface area contributed by atoms with Crippen LogP contribution in [0.5, 0.6) is 0 Å². The van der Waals surface area contributed by atoms with Gasteiger partial charge in [0, 0.05) is 24.3 Å². The summed E-state index contributed by atoms with van der Waals surface area (Å²) >= 11 is 0.